The van der Waals surface area contributed by atoms with E-state index in [4.69, 9.17) is 0 Å². The first-order valence-electron chi connectivity index (χ1n) is 8.13. The highest BCUT2D eigenvalue weighted by atomic mass is 14.9. The van der Waals surface area contributed by atoms with Gasteiger partial charge in [0.1, 0.15) is 0 Å². The number of aryl methyl sites for hydroxylation is 1. The molecule has 1 N–H and O–H groups in total. The van der Waals surface area contributed by atoms with Gasteiger partial charge in [-0.1, -0.05) is 65.3 Å². The molecular weight excluding hydrogens is 242 g/mol. The van der Waals surface area contributed by atoms with Gasteiger partial charge in [-0.05, 0) is 47.8 Å². The number of nitrogens with one attached hydrogen (secondary N) is 1. The van der Waals surface area contributed by atoms with E-state index in [0.29, 0.717) is 16.9 Å². The Bertz CT molecular complexity index is 427. The molecule has 0 radical (unpaired) electrons. The molecule has 20 heavy (non-hydrogen) atoms. The van der Waals surface area contributed by atoms with Crippen molar-refractivity contribution in [3.05, 3.63) is 35.4 Å². The van der Waals surface area contributed by atoms with E-state index in [1.54, 1.807) is 0 Å². The van der Waals surface area contributed by atoms with Gasteiger partial charge in [0.25, 0.3) is 0 Å². The van der Waals surface area contributed by atoms with Gasteiger partial charge in [0.15, 0.2) is 0 Å². The van der Waals surface area contributed by atoms with E-state index < -0.39 is 0 Å². The Balaban J connectivity index is 1.88. The second-order valence-corrected chi connectivity index (χ2v) is 7.62. The molecule has 0 aliphatic heterocycles. The topological polar surface area (TPSA) is 12.0 Å². The molecule has 1 aromatic carbocycles. The van der Waals surface area contributed by atoms with Gasteiger partial charge >= 0.3 is 0 Å². The molecule has 1 aliphatic carbocycles. The van der Waals surface area contributed by atoms with Crippen molar-refractivity contribution in [3.8, 4) is 0 Å². The fraction of sp³-hybridized carbons (Fsp3) is 0.684. The maximum absolute atomic E-state index is 3.72. The molecule has 2 rings (SSSR count). The molecule has 1 saturated carbocycles. The monoisotopic (exact) mass is 273 g/mol. The Kier molecular flexibility index (Phi) is 4.30. The van der Waals surface area contributed by atoms with Crippen LogP contribution in [0.15, 0.2) is 24.3 Å². The normalized spacial score (nSPS) is 21.7. The van der Waals surface area contributed by atoms with E-state index >= 15 is 0 Å². The Morgan fingerprint density at radius 1 is 1.05 bits per heavy atom. The molecule has 1 fully saturated rings. The Morgan fingerprint density at radius 3 is 2.05 bits per heavy atom. The van der Waals surface area contributed by atoms with Crippen LogP contribution in [-0.4, -0.2) is 6.54 Å². The molecule has 0 heterocycles. The number of rotatable bonds is 6. The van der Waals surface area contributed by atoms with Crippen LogP contribution < -0.4 is 5.32 Å². The molecule has 0 bridgehead atoms. The van der Waals surface area contributed by atoms with Crippen LogP contribution in [0.3, 0.4) is 0 Å². The summed E-state index contributed by atoms with van der Waals surface area (Å²) in [7, 11) is 0. The van der Waals surface area contributed by atoms with Gasteiger partial charge in [-0.15, -0.1) is 0 Å². The van der Waals surface area contributed by atoms with E-state index in [9.17, 15) is 0 Å². The molecule has 1 nitrogen and oxygen atoms in total. The quantitative estimate of drug-likeness (QED) is 0.771. The van der Waals surface area contributed by atoms with Crippen LogP contribution in [0.5, 0.6) is 0 Å². The maximum Gasteiger partial charge on any atom is 0.0291 e. The van der Waals surface area contributed by atoms with Gasteiger partial charge in [-0.3, -0.25) is 0 Å². The van der Waals surface area contributed by atoms with Crippen LogP contribution in [0.25, 0.3) is 0 Å². The Hall–Kier alpha value is -0.820. The van der Waals surface area contributed by atoms with Crippen LogP contribution in [0, 0.1) is 16.7 Å². The summed E-state index contributed by atoms with van der Waals surface area (Å²) in [5.74, 6) is 0.789. The van der Waals surface area contributed by atoms with E-state index in [1.165, 1.54) is 24.0 Å². The Labute approximate surface area is 125 Å². The lowest BCUT2D eigenvalue weighted by atomic mass is 10.0. The average molecular weight is 273 g/mol. The SMILES string of the molecule is CCCc1ccc(C(C)NCC2C(C)(C)C2(C)C)cc1. The van der Waals surface area contributed by atoms with Gasteiger partial charge in [-0.25, -0.2) is 0 Å². The molecule has 1 aliphatic rings. The first kappa shape index (κ1) is 15.6. The third kappa shape index (κ3) is 2.79. The fourth-order valence-electron chi connectivity index (χ4n) is 3.52. The number of benzene rings is 1. The van der Waals surface area contributed by atoms with Crippen molar-refractivity contribution in [1.29, 1.82) is 0 Å². The zero-order valence-corrected chi connectivity index (χ0v) is 14.1. The van der Waals surface area contributed by atoms with E-state index in [2.05, 4.69) is 71.1 Å². The van der Waals surface area contributed by atoms with E-state index in [0.717, 1.165) is 12.5 Å². The number of hydrogen-bond donors (Lipinski definition) is 1. The second-order valence-electron chi connectivity index (χ2n) is 7.62. The summed E-state index contributed by atoms with van der Waals surface area (Å²) >= 11 is 0. The van der Waals surface area contributed by atoms with Crippen LogP contribution >= 0.6 is 0 Å². The van der Waals surface area contributed by atoms with E-state index in [1.807, 2.05) is 0 Å². The molecule has 1 aromatic rings. The minimum atomic E-state index is 0.442. The molecule has 0 amide bonds. The molecule has 0 aromatic heterocycles. The van der Waals surface area contributed by atoms with Gasteiger partial charge < -0.3 is 5.32 Å². The average Bonchev–Trinajstić information content (AvgIpc) is 2.78. The molecule has 0 saturated heterocycles. The molecule has 112 valence electrons. The van der Waals surface area contributed by atoms with E-state index in [-0.39, 0.29) is 0 Å². The van der Waals surface area contributed by atoms with Gasteiger partial charge in [-0.2, -0.15) is 0 Å². The zero-order valence-electron chi connectivity index (χ0n) is 14.1. The Morgan fingerprint density at radius 2 is 1.60 bits per heavy atom. The third-order valence-electron chi connectivity index (χ3n) is 5.97. The lowest BCUT2D eigenvalue weighted by Crippen LogP contribution is -2.23. The minimum absolute atomic E-state index is 0.442. The highest BCUT2D eigenvalue weighted by Gasteiger charge is 2.63. The second kappa shape index (κ2) is 5.52. The van der Waals surface area contributed by atoms with Crippen LogP contribution in [0.4, 0.5) is 0 Å². The van der Waals surface area contributed by atoms with Crippen molar-refractivity contribution in [3.63, 3.8) is 0 Å². The molecule has 0 spiro atoms. The third-order valence-corrected chi connectivity index (χ3v) is 5.97. The minimum Gasteiger partial charge on any atom is -0.310 e. The number of hydrogen-bond acceptors (Lipinski definition) is 1. The van der Waals surface area contributed by atoms with Crippen molar-refractivity contribution < 1.29 is 0 Å². The maximum atomic E-state index is 3.72. The van der Waals surface area contributed by atoms with Gasteiger partial charge in [0.2, 0.25) is 0 Å². The van der Waals surface area contributed by atoms with Crippen LogP contribution in [-0.2, 0) is 6.42 Å². The highest BCUT2D eigenvalue weighted by Crippen LogP contribution is 2.68. The van der Waals surface area contributed by atoms with Crippen molar-refractivity contribution in [2.24, 2.45) is 16.7 Å². The predicted molar refractivity (Wildman–Crippen MR) is 87.9 cm³/mol. The summed E-state index contributed by atoms with van der Waals surface area (Å²) < 4.78 is 0. The summed E-state index contributed by atoms with van der Waals surface area (Å²) in [6.07, 6.45) is 2.41. The van der Waals surface area contributed by atoms with Gasteiger partial charge in [0.05, 0.1) is 0 Å². The molecule has 1 heteroatoms. The highest BCUT2D eigenvalue weighted by molar-refractivity contribution is 5.25. The molecule has 1 atom stereocenters. The first-order valence-corrected chi connectivity index (χ1v) is 8.13. The van der Waals surface area contributed by atoms with Crippen LogP contribution in [0.1, 0.15) is 65.1 Å². The molecular formula is C19H31N. The van der Waals surface area contributed by atoms with Crippen molar-refractivity contribution in [2.45, 2.75) is 60.4 Å². The first-order chi connectivity index (χ1) is 9.30. The fourth-order valence-corrected chi connectivity index (χ4v) is 3.52. The smallest absolute Gasteiger partial charge is 0.0291 e. The van der Waals surface area contributed by atoms with Crippen molar-refractivity contribution in [2.75, 3.05) is 6.54 Å². The lowest BCUT2D eigenvalue weighted by Gasteiger charge is -2.15. The predicted octanol–water partition coefficient (Wildman–Crippen LogP) is 4.97. The lowest BCUT2D eigenvalue weighted by molar-refractivity contribution is 0.457. The zero-order chi connectivity index (χ0) is 15.0. The van der Waals surface area contributed by atoms with Crippen molar-refractivity contribution >= 4 is 0 Å². The standard InChI is InChI=1S/C19H31N/c1-7-8-15-9-11-16(12-10-15)14(2)20-13-17-18(3,4)19(17,5)6/h9-12,14,17,20H,7-8,13H2,1-6H3. The largest absolute Gasteiger partial charge is 0.310 e. The molecule has 1 unspecified atom stereocenters. The van der Waals surface area contributed by atoms with Gasteiger partial charge in [0, 0.05) is 6.04 Å². The van der Waals surface area contributed by atoms with Crippen LogP contribution in [0.2, 0.25) is 0 Å². The summed E-state index contributed by atoms with van der Waals surface area (Å²) in [5, 5.41) is 3.72. The van der Waals surface area contributed by atoms with Crippen molar-refractivity contribution in [1.82, 2.24) is 5.32 Å². The summed E-state index contributed by atoms with van der Waals surface area (Å²) in [6, 6.07) is 9.57. The summed E-state index contributed by atoms with van der Waals surface area (Å²) in [4.78, 5) is 0. The summed E-state index contributed by atoms with van der Waals surface area (Å²) in [5.41, 5.74) is 3.81. The summed E-state index contributed by atoms with van der Waals surface area (Å²) in [6.45, 7) is 15.2.